The van der Waals surface area contributed by atoms with Crippen LogP contribution in [0.1, 0.15) is 6.42 Å². The zero-order valence-corrected chi connectivity index (χ0v) is 6.83. The first-order chi connectivity index (χ1) is 5.96. The molecule has 0 amide bonds. The van der Waals surface area contributed by atoms with Crippen LogP contribution in [0.15, 0.2) is 0 Å². The van der Waals surface area contributed by atoms with Gasteiger partial charge in [0.1, 0.15) is 24.0 Å². The Bertz CT molecular complexity index is 219. The summed E-state index contributed by atoms with van der Waals surface area (Å²) in [6.45, 7) is 0. The Kier molecular flexibility index (Phi) is 1.88. The highest BCUT2D eigenvalue weighted by atomic mass is 16.4. The molecule has 6 unspecified atom stereocenters. The molecular weight excluding hydrogens is 178 g/mol. The van der Waals surface area contributed by atoms with Crippen LogP contribution in [-0.4, -0.2) is 61.7 Å². The molecule has 2 aliphatic rings. The summed E-state index contributed by atoms with van der Waals surface area (Å²) in [5.74, 6) is 0. The molecule has 0 radical (unpaired) electrons. The predicted octanol–water partition coefficient (Wildman–Crippen LogP) is -3.51. The molecular formula is C7H13NO5. The number of aliphatic hydroxyl groups is 5. The van der Waals surface area contributed by atoms with Gasteiger partial charge < -0.3 is 25.5 Å². The van der Waals surface area contributed by atoms with Crippen molar-refractivity contribution in [2.75, 3.05) is 0 Å². The summed E-state index contributed by atoms with van der Waals surface area (Å²) in [6, 6.07) is -0.775. The zero-order chi connectivity index (χ0) is 9.80. The molecule has 2 bridgehead atoms. The standard InChI is InChI=1S/C7H13NO5/c9-2-1-7(13)6(12)5(11)4(10)3(2)8-7/h2-6,8-13H,1H2. The monoisotopic (exact) mass is 191 g/mol. The summed E-state index contributed by atoms with van der Waals surface area (Å²) < 4.78 is 0. The fourth-order valence-corrected chi connectivity index (χ4v) is 2.09. The molecule has 6 atom stereocenters. The second-order valence-corrected chi connectivity index (χ2v) is 3.79. The van der Waals surface area contributed by atoms with Crippen LogP contribution in [0.4, 0.5) is 0 Å². The number of rotatable bonds is 0. The van der Waals surface area contributed by atoms with Gasteiger partial charge in [0, 0.05) is 6.42 Å². The minimum Gasteiger partial charge on any atom is -0.391 e. The average molecular weight is 191 g/mol. The van der Waals surface area contributed by atoms with Crippen molar-refractivity contribution in [2.24, 2.45) is 0 Å². The highest BCUT2D eigenvalue weighted by Gasteiger charge is 2.58. The van der Waals surface area contributed by atoms with Gasteiger partial charge in [-0.15, -0.1) is 0 Å². The highest BCUT2D eigenvalue weighted by molar-refractivity contribution is 5.11. The Hall–Kier alpha value is -0.240. The minimum atomic E-state index is -1.68. The molecule has 0 aliphatic carbocycles. The third-order valence-corrected chi connectivity index (χ3v) is 2.88. The SMILES string of the molecule is OC1CC2(O)NC1C(O)C(O)C2O. The van der Waals surface area contributed by atoms with E-state index in [1.54, 1.807) is 0 Å². The fourth-order valence-electron chi connectivity index (χ4n) is 2.09. The third kappa shape index (κ3) is 1.11. The Morgan fingerprint density at radius 2 is 1.69 bits per heavy atom. The Morgan fingerprint density at radius 3 is 2.31 bits per heavy atom. The van der Waals surface area contributed by atoms with E-state index in [4.69, 9.17) is 0 Å². The molecule has 76 valence electrons. The first kappa shape index (κ1) is 9.32. The van der Waals surface area contributed by atoms with Gasteiger partial charge in [-0.05, 0) is 0 Å². The van der Waals surface area contributed by atoms with Crippen LogP contribution in [-0.2, 0) is 0 Å². The van der Waals surface area contributed by atoms with Crippen molar-refractivity contribution in [3.05, 3.63) is 0 Å². The molecule has 6 N–H and O–H groups in total. The zero-order valence-electron chi connectivity index (χ0n) is 6.83. The van der Waals surface area contributed by atoms with Gasteiger partial charge in [-0.1, -0.05) is 0 Å². The molecule has 2 aliphatic heterocycles. The van der Waals surface area contributed by atoms with Crippen LogP contribution in [0.25, 0.3) is 0 Å². The van der Waals surface area contributed by atoms with Gasteiger partial charge in [0.25, 0.3) is 0 Å². The van der Waals surface area contributed by atoms with Crippen LogP contribution in [0.3, 0.4) is 0 Å². The lowest BCUT2D eigenvalue weighted by Crippen LogP contribution is -2.67. The maximum absolute atomic E-state index is 9.66. The molecule has 6 nitrogen and oxygen atoms in total. The second kappa shape index (κ2) is 2.63. The van der Waals surface area contributed by atoms with Gasteiger partial charge in [-0.25, -0.2) is 0 Å². The lowest BCUT2D eigenvalue weighted by Gasteiger charge is -2.40. The first-order valence-corrected chi connectivity index (χ1v) is 4.18. The lowest BCUT2D eigenvalue weighted by molar-refractivity contribution is -0.187. The Labute approximate surface area is 74.4 Å². The van der Waals surface area contributed by atoms with Crippen LogP contribution < -0.4 is 5.32 Å². The van der Waals surface area contributed by atoms with E-state index in [9.17, 15) is 25.5 Å². The molecule has 0 aromatic heterocycles. The van der Waals surface area contributed by atoms with Crippen molar-refractivity contribution in [1.29, 1.82) is 0 Å². The Balaban J connectivity index is 2.30. The molecule has 2 saturated heterocycles. The number of hydrogen-bond acceptors (Lipinski definition) is 6. The molecule has 0 aromatic rings. The number of piperidine rings is 1. The van der Waals surface area contributed by atoms with Crippen molar-refractivity contribution in [1.82, 2.24) is 5.32 Å². The van der Waals surface area contributed by atoms with E-state index >= 15 is 0 Å². The van der Waals surface area contributed by atoms with Gasteiger partial charge in [-0.3, -0.25) is 5.32 Å². The van der Waals surface area contributed by atoms with Gasteiger partial charge in [0.05, 0.1) is 12.1 Å². The summed E-state index contributed by atoms with van der Waals surface area (Å²) in [4.78, 5) is 0. The van der Waals surface area contributed by atoms with Gasteiger partial charge in [0.15, 0.2) is 0 Å². The van der Waals surface area contributed by atoms with Crippen molar-refractivity contribution in [2.45, 2.75) is 42.6 Å². The van der Waals surface area contributed by atoms with E-state index in [2.05, 4.69) is 5.32 Å². The number of nitrogens with one attached hydrogen (secondary N) is 1. The number of fused-ring (bicyclic) bond motifs is 2. The van der Waals surface area contributed by atoms with Crippen LogP contribution in [0, 0.1) is 0 Å². The first-order valence-electron chi connectivity index (χ1n) is 4.18. The van der Waals surface area contributed by atoms with Crippen LogP contribution in [0.5, 0.6) is 0 Å². The van der Waals surface area contributed by atoms with Crippen molar-refractivity contribution < 1.29 is 25.5 Å². The maximum Gasteiger partial charge on any atom is 0.147 e. The minimum absolute atomic E-state index is 0.0903. The summed E-state index contributed by atoms with van der Waals surface area (Å²) >= 11 is 0. The van der Waals surface area contributed by atoms with E-state index in [1.807, 2.05) is 0 Å². The lowest BCUT2D eigenvalue weighted by atomic mass is 9.94. The molecule has 2 heterocycles. The average Bonchev–Trinajstić information content (AvgIpc) is 2.35. The predicted molar refractivity (Wildman–Crippen MR) is 40.5 cm³/mol. The highest BCUT2D eigenvalue weighted by Crippen LogP contribution is 2.34. The molecule has 0 saturated carbocycles. The summed E-state index contributed by atoms with van der Waals surface area (Å²) in [6.07, 6.45) is -5.20. The molecule has 2 rings (SSSR count). The fraction of sp³-hybridized carbons (Fsp3) is 1.00. The van der Waals surface area contributed by atoms with Crippen LogP contribution >= 0.6 is 0 Å². The smallest absolute Gasteiger partial charge is 0.147 e. The third-order valence-electron chi connectivity index (χ3n) is 2.88. The van der Waals surface area contributed by atoms with Crippen molar-refractivity contribution in [3.8, 4) is 0 Å². The largest absolute Gasteiger partial charge is 0.391 e. The summed E-state index contributed by atoms with van der Waals surface area (Å²) in [7, 11) is 0. The molecule has 0 aromatic carbocycles. The molecule has 6 heteroatoms. The normalized spacial score (nSPS) is 61.2. The number of hydrogen-bond donors (Lipinski definition) is 6. The van der Waals surface area contributed by atoms with E-state index in [1.165, 1.54) is 0 Å². The molecule has 2 fully saturated rings. The van der Waals surface area contributed by atoms with Gasteiger partial charge >= 0.3 is 0 Å². The van der Waals surface area contributed by atoms with Crippen LogP contribution in [0.2, 0.25) is 0 Å². The second-order valence-electron chi connectivity index (χ2n) is 3.79. The summed E-state index contributed by atoms with van der Waals surface area (Å²) in [5.41, 5.74) is -1.68. The van der Waals surface area contributed by atoms with Crippen molar-refractivity contribution >= 4 is 0 Å². The quantitative estimate of drug-likeness (QED) is 0.237. The van der Waals surface area contributed by atoms with E-state index < -0.39 is 36.2 Å². The van der Waals surface area contributed by atoms with E-state index in [0.29, 0.717) is 0 Å². The van der Waals surface area contributed by atoms with Gasteiger partial charge in [0.2, 0.25) is 0 Å². The molecule has 13 heavy (non-hydrogen) atoms. The Morgan fingerprint density at radius 1 is 1.08 bits per heavy atom. The van der Waals surface area contributed by atoms with E-state index in [0.717, 1.165) is 0 Å². The number of aliphatic hydroxyl groups excluding tert-OH is 4. The van der Waals surface area contributed by atoms with Gasteiger partial charge in [-0.2, -0.15) is 0 Å². The van der Waals surface area contributed by atoms with E-state index in [-0.39, 0.29) is 6.42 Å². The van der Waals surface area contributed by atoms with Crippen molar-refractivity contribution in [3.63, 3.8) is 0 Å². The molecule has 0 spiro atoms. The maximum atomic E-state index is 9.66. The summed E-state index contributed by atoms with van der Waals surface area (Å²) in [5, 5.41) is 49.6. The topological polar surface area (TPSA) is 113 Å².